The number of rotatable bonds is 3. The molecular formula is C12H17ClN4O. The van der Waals surface area contributed by atoms with E-state index in [-0.39, 0.29) is 0 Å². The minimum Gasteiger partial charge on any atom is -0.381 e. The molecule has 0 saturated heterocycles. The molecule has 3 rings (SSSR count). The third-order valence-corrected chi connectivity index (χ3v) is 4.04. The molecule has 2 heterocycles. The van der Waals surface area contributed by atoms with Gasteiger partial charge in [-0.3, -0.25) is 4.68 Å². The first-order valence-electron chi connectivity index (χ1n) is 6.14. The van der Waals surface area contributed by atoms with Gasteiger partial charge in [0.2, 0.25) is 0 Å². The Hall–Kier alpha value is -1.07. The summed E-state index contributed by atoms with van der Waals surface area (Å²) in [6.45, 7) is 1.98. The second-order valence-corrected chi connectivity index (χ2v) is 5.16. The van der Waals surface area contributed by atoms with E-state index in [1.54, 1.807) is 7.11 Å². The third kappa shape index (κ3) is 1.57. The van der Waals surface area contributed by atoms with Gasteiger partial charge in [-0.05, 0) is 19.8 Å². The second kappa shape index (κ2) is 4.24. The van der Waals surface area contributed by atoms with E-state index in [0.717, 1.165) is 35.5 Å². The van der Waals surface area contributed by atoms with Crippen molar-refractivity contribution in [2.24, 2.45) is 7.05 Å². The minimum atomic E-state index is 0.366. The highest BCUT2D eigenvalue weighted by atomic mass is 35.5. The van der Waals surface area contributed by atoms with Gasteiger partial charge in [0, 0.05) is 20.2 Å². The van der Waals surface area contributed by atoms with E-state index >= 15 is 0 Å². The molecule has 1 fully saturated rings. The molecule has 5 nitrogen and oxygen atoms in total. The number of aromatic nitrogens is 4. The summed E-state index contributed by atoms with van der Waals surface area (Å²) >= 11 is 6.02. The first-order valence-corrected chi connectivity index (χ1v) is 6.68. The Morgan fingerprint density at radius 3 is 2.78 bits per heavy atom. The van der Waals surface area contributed by atoms with E-state index in [0.29, 0.717) is 18.0 Å². The lowest BCUT2D eigenvalue weighted by molar-refractivity contribution is 0.00645. The molecule has 0 amide bonds. The summed E-state index contributed by atoms with van der Waals surface area (Å²) in [6.07, 6.45) is 2.41. The highest BCUT2D eigenvalue weighted by Crippen LogP contribution is 2.38. The van der Waals surface area contributed by atoms with Crippen molar-refractivity contribution in [3.05, 3.63) is 11.5 Å². The van der Waals surface area contributed by atoms with E-state index in [1.807, 2.05) is 18.7 Å². The van der Waals surface area contributed by atoms with Gasteiger partial charge in [-0.25, -0.2) is 4.98 Å². The number of nitrogens with zero attached hydrogens (tertiary/aromatic N) is 4. The van der Waals surface area contributed by atoms with E-state index in [2.05, 4.69) is 14.6 Å². The molecule has 0 N–H and O–H groups in total. The Labute approximate surface area is 111 Å². The minimum absolute atomic E-state index is 0.366. The van der Waals surface area contributed by atoms with Gasteiger partial charge in [-0.15, -0.1) is 11.6 Å². The molecule has 0 unspecified atom stereocenters. The van der Waals surface area contributed by atoms with Gasteiger partial charge in [0.1, 0.15) is 11.3 Å². The van der Waals surface area contributed by atoms with Crippen molar-refractivity contribution in [3.63, 3.8) is 0 Å². The fourth-order valence-electron chi connectivity index (χ4n) is 2.76. The van der Waals surface area contributed by atoms with Crippen molar-refractivity contribution in [3.8, 4) is 0 Å². The molecule has 0 aliphatic heterocycles. The molecule has 0 radical (unpaired) electrons. The van der Waals surface area contributed by atoms with Gasteiger partial charge in [0.05, 0.1) is 17.7 Å². The molecule has 98 valence electrons. The van der Waals surface area contributed by atoms with Crippen LogP contribution < -0.4 is 0 Å². The van der Waals surface area contributed by atoms with Gasteiger partial charge in [0.25, 0.3) is 0 Å². The van der Waals surface area contributed by atoms with E-state index in [1.165, 1.54) is 0 Å². The number of aryl methyl sites for hydroxylation is 2. The fourth-order valence-corrected chi connectivity index (χ4v) is 2.95. The molecule has 0 spiro atoms. The summed E-state index contributed by atoms with van der Waals surface area (Å²) in [5, 5.41) is 4.43. The maximum absolute atomic E-state index is 6.02. The number of fused-ring (bicyclic) bond motifs is 1. The Morgan fingerprint density at radius 1 is 1.44 bits per heavy atom. The monoisotopic (exact) mass is 268 g/mol. The molecular weight excluding hydrogens is 252 g/mol. The van der Waals surface area contributed by atoms with Crippen molar-refractivity contribution >= 4 is 22.8 Å². The molecule has 1 aliphatic carbocycles. The van der Waals surface area contributed by atoms with E-state index in [9.17, 15) is 0 Å². The molecule has 18 heavy (non-hydrogen) atoms. The molecule has 1 aliphatic rings. The number of hydrogen-bond acceptors (Lipinski definition) is 3. The van der Waals surface area contributed by atoms with Crippen molar-refractivity contribution in [1.29, 1.82) is 0 Å². The Balaban J connectivity index is 2.08. The molecule has 2 aromatic heterocycles. The van der Waals surface area contributed by atoms with Crippen LogP contribution in [0.25, 0.3) is 11.2 Å². The van der Waals surface area contributed by atoms with Crippen molar-refractivity contribution in [1.82, 2.24) is 19.3 Å². The smallest absolute Gasteiger partial charge is 0.158 e. The first kappa shape index (κ1) is 12.0. The Kier molecular flexibility index (Phi) is 2.83. The standard InChI is InChI=1S/C12H17ClN4O/c1-7-11-12(16(2)15-7)17(10(6-13)14-11)8-4-9(5-8)18-3/h8-9H,4-6H2,1-3H3. The van der Waals surface area contributed by atoms with Crippen LogP contribution >= 0.6 is 11.6 Å². The predicted molar refractivity (Wildman–Crippen MR) is 69.9 cm³/mol. The number of halogens is 1. The summed E-state index contributed by atoms with van der Waals surface area (Å²) in [6, 6.07) is 0.434. The van der Waals surface area contributed by atoms with Crippen molar-refractivity contribution in [2.45, 2.75) is 37.8 Å². The number of alkyl halides is 1. The summed E-state index contributed by atoms with van der Waals surface area (Å²) in [5.74, 6) is 1.37. The molecule has 6 heteroatoms. The number of ether oxygens (including phenoxy) is 1. The fraction of sp³-hybridized carbons (Fsp3) is 0.667. The Bertz CT molecular complexity index is 582. The van der Waals surface area contributed by atoms with E-state index in [4.69, 9.17) is 16.3 Å². The lowest BCUT2D eigenvalue weighted by atomic mass is 9.89. The number of hydrogen-bond donors (Lipinski definition) is 0. The molecule has 2 aromatic rings. The van der Waals surface area contributed by atoms with Gasteiger partial charge in [-0.2, -0.15) is 5.10 Å². The van der Waals surface area contributed by atoms with Crippen LogP contribution in [-0.4, -0.2) is 32.5 Å². The van der Waals surface area contributed by atoms with Crippen LogP contribution in [0.4, 0.5) is 0 Å². The zero-order valence-corrected chi connectivity index (χ0v) is 11.6. The molecule has 0 aromatic carbocycles. The van der Waals surface area contributed by atoms with Gasteiger partial charge in [-0.1, -0.05) is 0 Å². The Morgan fingerprint density at radius 2 is 2.17 bits per heavy atom. The quantitative estimate of drug-likeness (QED) is 0.802. The van der Waals surface area contributed by atoms with Crippen molar-refractivity contribution in [2.75, 3.05) is 7.11 Å². The van der Waals surface area contributed by atoms with Crippen LogP contribution in [0.5, 0.6) is 0 Å². The summed E-state index contributed by atoms with van der Waals surface area (Å²) in [4.78, 5) is 4.61. The summed E-state index contributed by atoms with van der Waals surface area (Å²) in [7, 11) is 3.72. The highest BCUT2D eigenvalue weighted by Gasteiger charge is 2.34. The number of methoxy groups -OCH3 is 1. The maximum atomic E-state index is 6.02. The average molecular weight is 269 g/mol. The van der Waals surface area contributed by atoms with Gasteiger partial charge >= 0.3 is 0 Å². The number of imidazole rings is 1. The van der Waals surface area contributed by atoms with Crippen LogP contribution in [-0.2, 0) is 17.7 Å². The molecule has 1 saturated carbocycles. The lowest BCUT2D eigenvalue weighted by Crippen LogP contribution is -2.33. The molecule has 0 bridgehead atoms. The summed E-state index contributed by atoms with van der Waals surface area (Å²) in [5.41, 5.74) is 3.00. The first-order chi connectivity index (χ1) is 8.65. The topological polar surface area (TPSA) is 44.9 Å². The zero-order valence-electron chi connectivity index (χ0n) is 10.9. The SMILES string of the molecule is COC1CC(n2c(CCl)nc3c(C)nn(C)c32)C1. The maximum Gasteiger partial charge on any atom is 0.158 e. The second-order valence-electron chi connectivity index (χ2n) is 4.90. The van der Waals surface area contributed by atoms with Crippen LogP contribution in [0, 0.1) is 6.92 Å². The summed E-state index contributed by atoms with van der Waals surface area (Å²) < 4.78 is 9.48. The molecule has 0 atom stereocenters. The van der Waals surface area contributed by atoms with Gasteiger partial charge in [0.15, 0.2) is 5.65 Å². The van der Waals surface area contributed by atoms with Crippen molar-refractivity contribution < 1.29 is 4.74 Å². The van der Waals surface area contributed by atoms with Crippen LogP contribution in [0.1, 0.15) is 30.4 Å². The van der Waals surface area contributed by atoms with Crippen LogP contribution in [0.2, 0.25) is 0 Å². The van der Waals surface area contributed by atoms with Crippen LogP contribution in [0.15, 0.2) is 0 Å². The third-order valence-electron chi connectivity index (χ3n) is 3.80. The van der Waals surface area contributed by atoms with Crippen LogP contribution in [0.3, 0.4) is 0 Å². The van der Waals surface area contributed by atoms with Gasteiger partial charge < -0.3 is 9.30 Å². The zero-order chi connectivity index (χ0) is 12.9. The van der Waals surface area contributed by atoms with E-state index < -0.39 is 0 Å². The predicted octanol–water partition coefficient (Wildman–Crippen LogP) is 2.17. The average Bonchev–Trinajstić information content (AvgIpc) is 2.78. The lowest BCUT2D eigenvalue weighted by Gasteiger charge is -2.36. The highest BCUT2D eigenvalue weighted by molar-refractivity contribution is 6.16. The normalized spacial score (nSPS) is 23.6. The largest absolute Gasteiger partial charge is 0.381 e.